The first kappa shape index (κ1) is 10.1. The van der Waals surface area contributed by atoms with Crippen LogP contribution in [0.5, 0.6) is 0 Å². The average molecular weight is 204 g/mol. The van der Waals surface area contributed by atoms with E-state index in [1.807, 2.05) is 0 Å². The molecule has 34 valence electrons. The second-order valence-corrected chi connectivity index (χ2v) is 1.07. The van der Waals surface area contributed by atoms with Gasteiger partial charge in [0, 0.05) is 0 Å². The van der Waals surface area contributed by atoms with Crippen molar-refractivity contribution in [3.8, 4) is 0 Å². The third-order valence-electron chi connectivity index (χ3n) is 0.348. The number of carbonyl (C=O) groups excluding carboxylic acids is 1. The molecule has 0 spiro atoms. The molecule has 0 saturated carbocycles. The zero-order valence-electron chi connectivity index (χ0n) is 4.02. The van der Waals surface area contributed by atoms with Crippen molar-refractivity contribution in [3.05, 3.63) is 12.2 Å². The minimum absolute atomic E-state index is 0. The summed E-state index contributed by atoms with van der Waals surface area (Å²) in [4.78, 5) is 9.49. The molecule has 0 rings (SSSR count). The van der Waals surface area contributed by atoms with Crippen molar-refractivity contribution >= 4 is 29.9 Å². The molecular weight excluding hydrogens is 199 g/mol. The van der Waals surface area contributed by atoms with Crippen LogP contribution in [0.3, 0.4) is 0 Å². The number of carboxylic acids is 1. The van der Waals surface area contributed by atoms with Gasteiger partial charge in [0.15, 0.2) is 0 Å². The molecule has 0 saturated heterocycles. The fourth-order valence-electron chi connectivity index (χ4n) is 0. The van der Waals surface area contributed by atoms with Crippen LogP contribution in [0.25, 0.3) is 0 Å². The molecule has 7 heavy (non-hydrogen) atoms. The van der Waals surface area contributed by atoms with Crippen molar-refractivity contribution in [1.29, 1.82) is 0 Å². The van der Waals surface area contributed by atoms with Gasteiger partial charge in [0.25, 0.3) is 0 Å². The predicted octanol–water partition coefficient (Wildman–Crippen LogP) is -1.07. The Bertz CT molecular complexity index is 75.7. The van der Waals surface area contributed by atoms with Gasteiger partial charge in [-0.2, -0.15) is 0 Å². The molecule has 0 amide bonds. The van der Waals surface area contributed by atoms with E-state index in [9.17, 15) is 9.90 Å². The summed E-state index contributed by atoms with van der Waals surface area (Å²) in [5.74, 6) is -1.19. The van der Waals surface area contributed by atoms with Gasteiger partial charge in [-0.3, -0.25) is 0 Å². The second-order valence-electron chi connectivity index (χ2n) is 1.07. The maximum Gasteiger partial charge on any atom is 4.00 e. The van der Waals surface area contributed by atoms with Crippen LogP contribution in [0.4, 0.5) is 0 Å². The maximum atomic E-state index is 9.49. The molecule has 0 unspecified atom stereocenters. The van der Waals surface area contributed by atoms with E-state index in [2.05, 4.69) is 6.58 Å². The zero-order chi connectivity index (χ0) is 5.15. The van der Waals surface area contributed by atoms with Gasteiger partial charge in [0.05, 0.1) is 5.97 Å². The number of aliphatic carboxylic acids is 1. The smallest absolute Gasteiger partial charge is 0.545 e. The minimum atomic E-state index is -1.19. The molecule has 0 aromatic rings. The largest absolute Gasteiger partial charge is 4.00 e. The van der Waals surface area contributed by atoms with Gasteiger partial charge in [-0.25, -0.2) is 0 Å². The summed E-state index contributed by atoms with van der Waals surface area (Å²) in [6.07, 6.45) is 0. The summed E-state index contributed by atoms with van der Waals surface area (Å²) in [5, 5.41) is 9.49. The Morgan fingerprint density at radius 3 is 1.86 bits per heavy atom. The molecule has 0 aliphatic rings. The fraction of sp³-hybridized carbons (Fsp3) is 0.250. The summed E-state index contributed by atoms with van der Waals surface area (Å²) < 4.78 is 0. The zero-order valence-corrected chi connectivity index (χ0v) is 6.88. The topological polar surface area (TPSA) is 40.1 Å². The van der Waals surface area contributed by atoms with E-state index in [1.165, 1.54) is 6.92 Å². The van der Waals surface area contributed by atoms with Crippen molar-refractivity contribution in [3.63, 3.8) is 0 Å². The van der Waals surface area contributed by atoms with E-state index in [0.29, 0.717) is 0 Å². The van der Waals surface area contributed by atoms with Crippen molar-refractivity contribution in [1.82, 2.24) is 0 Å². The normalized spacial score (nSPS) is 6.43. The molecule has 0 aliphatic carbocycles. The van der Waals surface area contributed by atoms with E-state index in [1.54, 1.807) is 0 Å². The first-order valence-corrected chi connectivity index (χ1v) is 1.51. The maximum absolute atomic E-state index is 9.49. The summed E-state index contributed by atoms with van der Waals surface area (Å²) in [6.45, 7) is 4.48. The summed E-state index contributed by atoms with van der Waals surface area (Å²) in [5.41, 5.74) is 0.0648. The molecule has 0 heterocycles. The van der Waals surface area contributed by atoms with Crippen LogP contribution in [0, 0.1) is 0 Å². The molecule has 0 aliphatic heterocycles. The standard InChI is InChI=1S/C4H6O2.Sn/c1-3(2)4(5)6;/h1H2,2H3,(H,5,6);/q;+4/p-1. The Balaban J connectivity index is 0. The first-order valence-electron chi connectivity index (χ1n) is 1.51. The number of hydrogen-bond donors (Lipinski definition) is 0. The van der Waals surface area contributed by atoms with Gasteiger partial charge in [0.2, 0.25) is 0 Å². The summed E-state index contributed by atoms with van der Waals surface area (Å²) in [6, 6.07) is 0. The van der Waals surface area contributed by atoms with Gasteiger partial charge in [-0.15, -0.1) is 0 Å². The van der Waals surface area contributed by atoms with Crippen LogP contribution < -0.4 is 5.11 Å². The van der Waals surface area contributed by atoms with E-state index in [-0.39, 0.29) is 29.5 Å². The Morgan fingerprint density at radius 2 is 1.86 bits per heavy atom. The second kappa shape index (κ2) is 4.18. The molecule has 2 nitrogen and oxygen atoms in total. The SMILES string of the molecule is C=C(C)C(=O)[O-].[Sn+4]. The Kier molecular flexibility index (Phi) is 6.02. The van der Waals surface area contributed by atoms with E-state index < -0.39 is 5.97 Å². The van der Waals surface area contributed by atoms with Gasteiger partial charge < -0.3 is 9.90 Å². The van der Waals surface area contributed by atoms with Gasteiger partial charge in [-0.1, -0.05) is 6.58 Å². The van der Waals surface area contributed by atoms with E-state index in [4.69, 9.17) is 0 Å². The Morgan fingerprint density at radius 1 is 1.71 bits per heavy atom. The molecule has 0 atom stereocenters. The van der Waals surface area contributed by atoms with Crippen LogP contribution in [-0.4, -0.2) is 29.9 Å². The Hall–Kier alpha value is 0.00870. The summed E-state index contributed by atoms with van der Waals surface area (Å²) >= 11 is 0. The molecular formula is C4H5O2Sn+3. The van der Waals surface area contributed by atoms with Crippen LogP contribution in [-0.2, 0) is 4.79 Å². The molecule has 0 N–H and O–H groups in total. The van der Waals surface area contributed by atoms with Crippen molar-refractivity contribution in [2.75, 3.05) is 0 Å². The molecule has 0 radical (unpaired) electrons. The first-order chi connectivity index (χ1) is 2.64. The summed E-state index contributed by atoms with van der Waals surface area (Å²) in [7, 11) is 0. The van der Waals surface area contributed by atoms with Crippen LogP contribution in [0.1, 0.15) is 6.92 Å². The van der Waals surface area contributed by atoms with Crippen LogP contribution in [0.2, 0.25) is 0 Å². The van der Waals surface area contributed by atoms with Gasteiger partial charge >= 0.3 is 23.9 Å². The third-order valence-corrected chi connectivity index (χ3v) is 0.348. The number of rotatable bonds is 1. The molecule has 0 aromatic carbocycles. The van der Waals surface area contributed by atoms with E-state index in [0.717, 1.165) is 0 Å². The quantitative estimate of drug-likeness (QED) is 0.403. The van der Waals surface area contributed by atoms with Crippen LogP contribution >= 0.6 is 0 Å². The average Bonchev–Trinajstić information content (AvgIpc) is 1.36. The molecule has 3 heteroatoms. The van der Waals surface area contributed by atoms with Crippen molar-refractivity contribution < 1.29 is 9.90 Å². The predicted molar refractivity (Wildman–Crippen MR) is 25.6 cm³/mol. The van der Waals surface area contributed by atoms with Crippen molar-refractivity contribution in [2.24, 2.45) is 0 Å². The number of carbonyl (C=O) groups is 1. The molecule has 0 fully saturated rings. The fourth-order valence-corrected chi connectivity index (χ4v) is 0. The molecule has 0 aromatic heterocycles. The van der Waals surface area contributed by atoms with Gasteiger partial charge in [0.1, 0.15) is 0 Å². The number of carboxylic acid groups (broad SMARTS) is 1. The third kappa shape index (κ3) is 6.01. The minimum Gasteiger partial charge on any atom is -0.545 e. The number of hydrogen-bond acceptors (Lipinski definition) is 2. The Labute approximate surface area is 59.2 Å². The van der Waals surface area contributed by atoms with E-state index >= 15 is 0 Å². The van der Waals surface area contributed by atoms with Crippen LogP contribution in [0.15, 0.2) is 12.2 Å². The van der Waals surface area contributed by atoms with Gasteiger partial charge in [-0.05, 0) is 12.5 Å². The van der Waals surface area contributed by atoms with Crippen molar-refractivity contribution in [2.45, 2.75) is 6.92 Å². The molecule has 0 bridgehead atoms. The monoisotopic (exact) mass is 205 g/mol.